The van der Waals surface area contributed by atoms with E-state index in [2.05, 4.69) is 0 Å². The SMILES string of the molecule is COC(=O)C1(C(=O)N(C)c2ccccc2)CCC1. The minimum absolute atomic E-state index is 0.174. The van der Waals surface area contributed by atoms with Gasteiger partial charge < -0.3 is 9.64 Å². The predicted octanol–water partition coefficient (Wildman–Crippen LogP) is 1.99. The quantitative estimate of drug-likeness (QED) is 0.606. The third-order valence-corrected chi connectivity index (χ3v) is 3.64. The highest BCUT2D eigenvalue weighted by molar-refractivity contribution is 6.10. The van der Waals surface area contributed by atoms with Gasteiger partial charge in [-0.1, -0.05) is 24.6 Å². The summed E-state index contributed by atoms with van der Waals surface area (Å²) in [5.74, 6) is -0.590. The average Bonchev–Trinajstić information content (AvgIpc) is 2.37. The van der Waals surface area contributed by atoms with E-state index in [4.69, 9.17) is 4.74 Å². The molecule has 1 amide bonds. The molecule has 1 aromatic carbocycles. The lowest BCUT2D eigenvalue weighted by Gasteiger charge is -2.39. The van der Waals surface area contributed by atoms with Crippen LogP contribution in [-0.4, -0.2) is 26.0 Å². The fraction of sp³-hybridized carbons (Fsp3) is 0.429. The number of amides is 1. The van der Waals surface area contributed by atoms with Gasteiger partial charge in [-0.2, -0.15) is 0 Å². The Morgan fingerprint density at radius 2 is 1.83 bits per heavy atom. The van der Waals surface area contributed by atoms with Crippen molar-refractivity contribution in [2.24, 2.45) is 5.41 Å². The van der Waals surface area contributed by atoms with Crippen LogP contribution in [0, 0.1) is 5.41 Å². The van der Waals surface area contributed by atoms with Crippen molar-refractivity contribution >= 4 is 17.6 Å². The van der Waals surface area contributed by atoms with Crippen molar-refractivity contribution in [1.29, 1.82) is 0 Å². The van der Waals surface area contributed by atoms with Crippen LogP contribution in [0.5, 0.6) is 0 Å². The molecule has 0 unspecified atom stereocenters. The smallest absolute Gasteiger partial charge is 0.321 e. The minimum Gasteiger partial charge on any atom is -0.468 e. The van der Waals surface area contributed by atoms with Gasteiger partial charge in [-0.3, -0.25) is 9.59 Å². The van der Waals surface area contributed by atoms with E-state index in [9.17, 15) is 9.59 Å². The van der Waals surface area contributed by atoms with Gasteiger partial charge in [-0.25, -0.2) is 0 Å². The number of anilines is 1. The normalized spacial score (nSPS) is 16.6. The molecule has 4 heteroatoms. The maximum absolute atomic E-state index is 12.5. The zero-order chi connectivity index (χ0) is 13.2. The number of para-hydroxylation sites is 1. The number of ether oxygens (including phenoxy) is 1. The molecule has 2 rings (SSSR count). The minimum atomic E-state index is -0.959. The third kappa shape index (κ3) is 1.88. The van der Waals surface area contributed by atoms with Crippen molar-refractivity contribution in [3.05, 3.63) is 30.3 Å². The van der Waals surface area contributed by atoms with Crippen LogP contribution in [0.1, 0.15) is 19.3 Å². The zero-order valence-electron chi connectivity index (χ0n) is 10.7. The van der Waals surface area contributed by atoms with E-state index in [1.54, 1.807) is 7.05 Å². The number of benzene rings is 1. The maximum Gasteiger partial charge on any atom is 0.321 e. The molecule has 0 saturated heterocycles. The van der Waals surface area contributed by atoms with E-state index in [0.717, 1.165) is 12.1 Å². The highest BCUT2D eigenvalue weighted by Crippen LogP contribution is 2.44. The summed E-state index contributed by atoms with van der Waals surface area (Å²) in [4.78, 5) is 25.8. The number of nitrogens with zero attached hydrogens (tertiary/aromatic N) is 1. The number of rotatable bonds is 3. The second-order valence-electron chi connectivity index (χ2n) is 4.63. The predicted molar refractivity (Wildman–Crippen MR) is 68.2 cm³/mol. The summed E-state index contributed by atoms with van der Waals surface area (Å²) in [6, 6.07) is 9.32. The molecule has 1 fully saturated rings. The summed E-state index contributed by atoms with van der Waals surface area (Å²) in [6.07, 6.45) is 2.05. The second kappa shape index (κ2) is 4.80. The Hall–Kier alpha value is -1.84. The van der Waals surface area contributed by atoms with Crippen LogP contribution in [0.15, 0.2) is 30.3 Å². The first kappa shape index (κ1) is 12.6. The monoisotopic (exact) mass is 247 g/mol. The van der Waals surface area contributed by atoms with Gasteiger partial charge in [-0.15, -0.1) is 0 Å². The van der Waals surface area contributed by atoms with Crippen LogP contribution < -0.4 is 4.90 Å². The zero-order valence-corrected chi connectivity index (χ0v) is 10.7. The molecule has 0 radical (unpaired) electrons. The molecule has 96 valence electrons. The van der Waals surface area contributed by atoms with Crippen LogP contribution in [0.3, 0.4) is 0 Å². The molecule has 0 N–H and O–H groups in total. The Morgan fingerprint density at radius 1 is 1.22 bits per heavy atom. The standard InChI is InChI=1S/C14H17NO3/c1-15(11-7-4-3-5-8-11)12(16)14(9-6-10-14)13(17)18-2/h3-5,7-8H,6,9-10H2,1-2H3. The highest BCUT2D eigenvalue weighted by atomic mass is 16.5. The summed E-state index contributed by atoms with van der Waals surface area (Å²) in [5, 5.41) is 0. The highest BCUT2D eigenvalue weighted by Gasteiger charge is 2.53. The Balaban J connectivity index is 2.23. The maximum atomic E-state index is 12.5. The van der Waals surface area contributed by atoms with Gasteiger partial charge in [0.25, 0.3) is 0 Å². The van der Waals surface area contributed by atoms with E-state index in [1.165, 1.54) is 12.0 Å². The van der Waals surface area contributed by atoms with Crippen LogP contribution in [0.25, 0.3) is 0 Å². The number of carbonyl (C=O) groups excluding carboxylic acids is 2. The van der Waals surface area contributed by atoms with Crippen LogP contribution >= 0.6 is 0 Å². The molecule has 0 spiro atoms. The van der Waals surface area contributed by atoms with E-state index < -0.39 is 11.4 Å². The van der Waals surface area contributed by atoms with Gasteiger partial charge in [-0.05, 0) is 25.0 Å². The summed E-state index contributed by atoms with van der Waals surface area (Å²) in [6.45, 7) is 0. The van der Waals surface area contributed by atoms with Gasteiger partial charge in [0.2, 0.25) is 5.91 Å². The van der Waals surface area contributed by atoms with Crippen molar-refractivity contribution in [3.8, 4) is 0 Å². The lowest BCUT2D eigenvalue weighted by molar-refractivity contribution is -0.163. The Bertz CT molecular complexity index is 451. The fourth-order valence-electron chi connectivity index (χ4n) is 2.32. The van der Waals surface area contributed by atoms with Gasteiger partial charge in [0.05, 0.1) is 7.11 Å². The Labute approximate surface area is 107 Å². The first-order valence-electron chi connectivity index (χ1n) is 6.03. The van der Waals surface area contributed by atoms with Crippen LogP contribution in [0.2, 0.25) is 0 Å². The van der Waals surface area contributed by atoms with Gasteiger partial charge in [0.1, 0.15) is 5.41 Å². The van der Waals surface area contributed by atoms with E-state index in [0.29, 0.717) is 12.8 Å². The molecule has 0 heterocycles. The van der Waals surface area contributed by atoms with Gasteiger partial charge in [0, 0.05) is 12.7 Å². The van der Waals surface area contributed by atoms with Crippen LogP contribution in [0.4, 0.5) is 5.69 Å². The molecule has 0 bridgehead atoms. The van der Waals surface area contributed by atoms with Crippen molar-refractivity contribution in [2.75, 3.05) is 19.1 Å². The molecule has 1 saturated carbocycles. The lowest BCUT2D eigenvalue weighted by Crippen LogP contribution is -2.52. The molecule has 0 aromatic heterocycles. The fourth-order valence-corrected chi connectivity index (χ4v) is 2.32. The first-order valence-corrected chi connectivity index (χ1v) is 6.03. The lowest BCUT2D eigenvalue weighted by atomic mass is 9.67. The van der Waals surface area contributed by atoms with Crippen molar-refractivity contribution in [2.45, 2.75) is 19.3 Å². The van der Waals surface area contributed by atoms with E-state index in [-0.39, 0.29) is 5.91 Å². The third-order valence-electron chi connectivity index (χ3n) is 3.64. The molecular formula is C14H17NO3. The van der Waals surface area contributed by atoms with Gasteiger partial charge >= 0.3 is 5.97 Å². The first-order chi connectivity index (χ1) is 8.62. The van der Waals surface area contributed by atoms with Crippen molar-refractivity contribution in [1.82, 2.24) is 0 Å². The molecule has 0 aliphatic heterocycles. The van der Waals surface area contributed by atoms with Crippen molar-refractivity contribution in [3.63, 3.8) is 0 Å². The molecular weight excluding hydrogens is 230 g/mol. The average molecular weight is 247 g/mol. The number of hydrogen-bond acceptors (Lipinski definition) is 3. The topological polar surface area (TPSA) is 46.6 Å². The van der Waals surface area contributed by atoms with E-state index in [1.807, 2.05) is 30.3 Å². The number of carbonyl (C=O) groups is 2. The second-order valence-corrected chi connectivity index (χ2v) is 4.63. The van der Waals surface area contributed by atoms with Crippen LogP contribution in [-0.2, 0) is 14.3 Å². The molecule has 1 aliphatic rings. The summed E-state index contributed by atoms with van der Waals surface area (Å²) in [5.41, 5.74) is -0.169. The number of esters is 1. The number of hydrogen-bond donors (Lipinski definition) is 0. The number of methoxy groups -OCH3 is 1. The van der Waals surface area contributed by atoms with Gasteiger partial charge in [0.15, 0.2) is 0 Å². The largest absolute Gasteiger partial charge is 0.468 e. The molecule has 1 aromatic rings. The summed E-state index contributed by atoms with van der Waals surface area (Å²) >= 11 is 0. The van der Waals surface area contributed by atoms with E-state index >= 15 is 0 Å². The van der Waals surface area contributed by atoms with Crippen molar-refractivity contribution < 1.29 is 14.3 Å². The molecule has 0 atom stereocenters. The summed E-state index contributed by atoms with van der Waals surface area (Å²) < 4.78 is 4.78. The molecule has 18 heavy (non-hydrogen) atoms. The Kier molecular flexibility index (Phi) is 3.36. The molecule has 4 nitrogen and oxygen atoms in total. The molecule has 1 aliphatic carbocycles. The summed E-state index contributed by atoms with van der Waals surface area (Å²) in [7, 11) is 3.03. The Morgan fingerprint density at radius 3 is 2.28 bits per heavy atom.